The maximum Gasteiger partial charge on any atom is 0.226 e. The lowest BCUT2D eigenvalue weighted by Crippen LogP contribution is -2.09. The minimum absolute atomic E-state index is 0.179. The summed E-state index contributed by atoms with van der Waals surface area (Å²) < 4.78 is 0. The van der Waals surface area contributed by atoms with Crippen molar-refractivity contribution in [3.63, 3.8) is 0 Å². The van der Waals surface area contributed by atoms with Crippen LogP contribution < -0.4 is 0 Å². The lowest BCUT2D eigenvalue weighted by Gasteiger charge is -2.03. The molecule has 0 amide bonds. The molecule has 0 saturated carbocycles. The van der Waals surface area contributed by atoms with Crippen molar-refractivity contribution >= 4 is 40.3 Å². The monoisotopic (exact) mass is 310 g/mol. The molecule has 20 heavy (non-hydrogen) atoms. The summed E-state index contributed by atoms with van der Waals surface area (Å²) in [5.41, 5.74) is 0.626. The van der Waals surface area contributed by atoms with Crippen LogP contribution in [0.4, 0.5) is 0 Å². The number of rotatable bonds is 5. The van der Waals surface area contributed by atoms with E-state index < -0.39 is 10.9 Å². The highest BCUT2D eigenvalue weighted by molar-refractivity contribution is 8.14. The Hall–Kier alpha value is -1.52. The van der Waals surface area contributed by atoms with Gasteiger partial charge in [0.2, 0.25) is 5.12 Å². The summed E-state index contributed by atoms with van der Waals surface area (Å²) in [6.07, 6.45) is 2.95. The van der Waals surface area contributed by atoms with Crippen LogP contribution in [-0.2, 0) is 9.59 Å². The number of aliphatic hydroxyl groups is 1. The maximum atomic E-state index is 11.8. The molecule has 0 aromatic heterocycles. The molecule has 0 atom stereocenters. The van der Waals surface area contributed by atoms with Crippen LogP contribution in [0.3, 0.4) is 0 Å². The lowest BCUT2D eigenvalue weighted by atomic mass is 10.1. The maximum absolute atomic E-state index is 11.8. The summed E-state index contributed by atoms with van der Waals surface area (Å²) in [6, 6.07) is 6.96. The Morgan fingerprint density at radius 3 is 2.40 bits per heavy atom. The number of halogens is 1. The van der Waals surface area contributed by atoms with Gasteiger partial charge in [0, 0.05) is 5.02 Å². The number of allylic oxidation sites excluding steroid dienone is 1. The zero-order valence-electron chi connectivity index (χ0n) is 11.2. The van der Waals surface area contributed by atoms with Crippen LogP contribution in [-0.4, -0.2) is 21.8 Å². The Bertz CT molecular complexity index is 559. The van der Waals surface area contributed by atoms with Gasteiger partial charge in [0.15, 0.2) is 5.78 Å². The predicted octanol–water partition coefficient (Wildman–Crippen LogP) is 4.03. The van der Waals surface area contributed by atoms with E-state index in [4.69, 9.17) is 11.6 Å². The van der Waals surface area contributed by atoms with Gasteiger partial charge in [-0.25, -0.2) is 0 Å². The second-order valence-electron chi connectivity index (χ2n) is 3.92. The zero-order valence-corrected chi connectivity index (χ0v) is 12.8. The largest absolute Gasteiger partial charge is 0.507 e. The molecule has 3 nitrogen and oxygen atoms in total. The number of carbonyl (C=O) groups excluding carboxylic acids is 2. The van der Waals surface area contributed by atoms with Crippen molar-refractivity contribution in [1.29, 1.82) is 0 Å². The molecule has 5 heteroatoms. The van der Waals surface area contributed by atoms with Gasteiger partial charge in [-0.05, 0) is 36.4 Å². The molecule has 0 bridgehead atoms. The van der Waals surface area contributed by atoms with Crippen molar-refractivity contribution in [3.05, 3.63) is 52.3 Å². The number of aliphatic hydroxyl groups excluding tert-OH is 1. The normalized spacial score (nSPS) is 12.3. The molecule has 1 aromatic carbocycles. The van der Waals surface area contributed by atoms with Crippen LogP contribution in [0, 0.1) is 0 Å². The van der Waals surface area contributed by atoms with Crippen LogP contribution in [0.15, 0.2) is 41.7 Å². The number of hydrogen-bond donors (Lipinski definition) is 1. The molecule has 0 unspecified atom stereocenters. The van der Waals surface area contributed by atoms with Crippen molar-refractivity contribution in [1.82, 2.24) is 0 Å². The van der Waals surface area contributed by atoms with E-state index in [1.54, 1.807) is 37.3 Å². The van der Waals surface area contributed by atoms with E-state index in [-0.39, 0.29) is 11.3 Å². The number of Topliss-reactive ketones (excluding diaryl/α,β-unsaturated/α-hetero) is 1. The van der Waals surface area contributed by atoms with E-state index in [2.05, 4.69) is 0 Å². The predicted molar refractivity (Wildman–Crippen MR) is 84.0 cm³/mol. The minimum Gasteiger partial charge on any atom is -0.507 e. The van der Waals surface area contributed by atoms with Crippen LogP contribution in [0.25, 0.3) is 6.08 Å². The van der Waals surface area contributed by atoms with E-state index in [1.807, 2.05) is 0 Å². The fraction of sp³-hybridized carbons (Fsp3) is 0.200. The van der Waals surface area contributed by atoms with Gasteiger partial charge in [-0.1, -0.05) is 48.5 Å². The Balaban J connectivity index is 3.01. The third-order valence-corrected chi connectivity index (χ3v) is 3.40. The van der Waals surface area contributed by atoms with Crippen molar-refractivity contribution in [2.75, 3.05) is 5.75 Å². The second-order valence-corrected chi connectivity index (χ2v) is 5.60. The summed E-state index contributed by atoms with van der Waals surface area (Å²) in [7, 11) is 0. The lowest BCUT2D eigenvalue weighted by molar-refractivity contribution is -0.117. The molecule has 0 saturated heterocycles. The Morgan fingerprint density at radius 2 is 1.90 bits per heavy atom. The van der Waals surface area contributed by atoms with E-state index >= 15 is 0 Å². The Morgan fingerprint density at radius 1 is 1.30 bits per heavy atom. The van der Waals surface area contributed by atoms with E-state index in [0.717, 1.165) is 17.3 Å². The number of thioether (sulfide) groups is 1. The Labute approximate surface area is 127 Å². The average molecular weight is 311 g/mol. The summed E-state index contributed by atoms with van der Waals surface area (Å²) in [4.78, 5) is 23.2. The standard InChI is InChI=1S/C15H15ClO3S/c1-3-20-15(19)14(10(2)17)13(18)9-6-11-4-7-12(16)8-5-11/h4-9,18H,3H2,1-2H3/b9-6+,14-13+. The highest BCUT2D eigenvalue weighted by Crippen LogP contribution is 2.17. The number of benzene rings is 1. The molecule has 1 N–H and O–H groups in total. The molecule has 0 radical (unpaired) electrons. The quantitative estimate of drug-likeness (QED) is 0.293. The first-order chi connectivity index (χ1) is 9.45. The van der Waals surface area contributed by atoms with E-state index in [0.29, 0.717) is 10.8 Å². The second kappa shape index (κ2) is 7.92. The third kappa shape index (κ3) is 4.87. The van der Waals surface area contributed by atoms with Crippen molar-refractivity contribution in [2.24, 2.45) is 0 Å². The van der Waals surface area contributed by atoms with Crippen LogP contribution in [0.2, 0.25) is 5.02 Å². The molecule has 0 aliphatic heterocycles. The highest BCUT2D eigenvalue weighted by Gasteiger charge is 2.18. The van der Waals surface area contributed by atoms with E-state index in [9.17, 15) is 14.7 Å². The first-order valence-corrected chi connectivity index (χ1v) is 7.37. The van der Waals surface area contributed by atoms with Crippen LogP contribution >= 0.6 is 23.4 Å². The van der Waals surface area contributed by atoms with Gasteiger partial charge in [-0.3, -0.25) is 9.59 Å². The summed E-state index contributed by atoms with van der Waals surface area (Å²) in [5, 5.41) is 10.1. The molecule has 1 aromatic rings. The van der Waals surface area contributed by atoms with Crippen molar-refractivity contribution in [3.8, 4) is 0 Å². The van der Waals surface area contributed by atoms with Gasteiger partial charge in [0.05, 0.1) is 0 Å². The number of hydrogen-bond acceptors (Lipinski definition) is 4. The first kappa shape index (κ1) is 16.5. The summed E-state index contributed by atoms with van der Waals surface area (Å²) in [5.74, 6) is -0.225. The highest BCUT2D eigenvalue weighted by atomic mass is 35.5. The van der Waals surface area contributed by atoms with Crippen molar-refractivity contribution in [2.45, 2.75) is 13.8 Å². The topological polar surface area (TPSA) is 54.4 Å². The molecular weight excluding hydrogens is 296 g/mol. The Kier molecular flexibility index (Phi) is 6.55. The summed E-state index contributed by atoms with van der Waals surface area (Å²) >= 11 is 6.76. The van der Waals surface area contributed by atoms with Gasteiger partial charge >= 0.3 is 0 Å². The average Bonchev–Trinajstić information content (AvgIpc) is 2.38. The minimum atomic E-state index is -0.450. The fourth-order valence-electron chi connectivity index (χ4n) is 1.46. The van der Waals surface area contributed by atoms with Gasteiger partial charge in [0.25, 0.3) is 0 Å². The SMILES string of the molecule is CCSC(=O)/C(C(C)=O)=C(O)\C=C\c1ccc(Cl)cc1. The van der Waals surface area contributed by atoms with E-state index in [1.165, 1.54) is 13.0 Å². The van der Waals surface area contributed by atoms with Gasteiger partial charge < -0.3 is 5.11 Å². The first-order valence-electron chi connectivity index (χ1n) is 6.00. The molecule has 1 rings (SSSR count). The molecule has 0 spiro atoms. The third-order valence-electron chi connectivity index (χ3n) is 2.39. The van der Waals surface area contributed by atoms with Crippen LogP contribution in [0.5, 0.6) is 0 Å². The van der Waals surface area contributed by atoms with Crippen LogP contribution in [0.1, 0.15) is 19.4 Å². The number of carbonyl (C=O) groups is 2. The molecule has 0 aliphatic rings. The molecule has 0 fully saturated rings. The molecule has 0 heterocycles. The van der Waals surface area contributed by atoms with Gasteiger partial charge in [0.1, 0.15) is 11.3 Å². The zero-order chi connectivity index (χ0) is 15.1. The van der Waals surface area contributed by atoms with Gasteiger partial charge in [-0.15, -0.1) is 0 Å². The molecule has 0 aliphatic carbocycles. The smallest absolute Gasteiger partial charge is 0.226 e. The van der Waals surface area contributed by atoms with Crippen molar-refractivity contribution < 1.29 is 14.7 Å². The number of ketones is 1. The van der Waals surface area contributed by atoms with Gasteiger partial charge in [-0.2, -0.15) is 0 Å². The molecular formula is C15H15ClO3S. The fourth-order valence-corrected chi connectivity index (χ4v) is 2.25. The molecule has 106 valence electrons. The summed E-state index contributed by atoms with van der Waals surface area (Å²) in [6.45, 7) is 3.07.